The minimum Gasteiger partial charge on any atom is -0.390 e. The number of hydrogen-bond acceptors (Lipinski definition) is 4. The maximum Gasteiger partial charge on any atom is 0.242 e. The van der Waals surface area contributed by atoms with Gasteiger partial charge in [-0.15, -0.1) is 0 Å². The highest BCUT2D eigenvalue weighted by Gasteiger charge is 2.17. The van der Waals surface area contributed by atoms with Crippen LogP contribution in [-0.2, 0) is 23.2 Å². The van der Waals surface area contributed by atoms with E-state index in [2.05, 4.69) is 23.5 Å². The Labute approximate surface area is 127 Å². The molecule has 1 heterocycles. The molecule has 0 spiro atoms. The van der Waals surface area contributed by atoms with Crippen LogP contribution in [0.2, 0.25) is 0 Å². The Balaban J connectivity index is 2.74. The molecule has 0 aliphatic rings. The van der Waals surface area contributed by atoms with Crippen molar-refractivity contribution in [3.63, 3.8) is 0 Å². The monoisotopic (exact) mass is 317 g/mol. The number of sulfonamides is 1. The van der Waals surface area contributed by atoms with Crippen molar-refractivity contribution in [3.05, 3.63) is 18.0 Å². The maximum atomic E-state index is 12.3. The zero-order chi connectivity index (χ0) is 15.9. The van der Waals surface area contributed by atoms with E-state index in [1.54, 1.807) is 10.8 Å². The molecule has 1 aromatic heterocycles. The number of likely N-dealkylation sites (N-methyl/N-ethyl adjacent to an activating group) is 1. The van der Waals surface area contributed by atoms with Gasteiger partial charge in [-0.3, -0.25) is 0 Å². The lowest BCUT2D eigenvalue weighted by atomic mass is 10.4. The predicted molar refractivity (Wildman–Crippen MR) is 83.6 cm³/mol. The summed E-state index contributed by atoms with van der Waals surface area (Å²) in [6, 6.07) is 1.54. The SMILES string of the molecule is CCCn1cc(S(=O)(=O)NCCN(CC)CC)cc1CO. The Morgan fingerprint density at radius 2 is 1.95 bits per heavy atom. The molecular formula is C14H27N3O3S. The third-order valence-electron chi connectivity index (χ3n) is 3.51. The molecule has 0 fully saturated rings. The summed E-state index contributed by atoms with van der Waals surface area (Å²) in [5, 5.41) is 9.29. The molecule has 0 saturated heterocycles. The first-order chi connectivity index (χ1) is 9.98. The van der Waals surface area contributed by atoms with Crippen molar-refractivity contribution < 1.29 is 13.5 Å². The number of nitrogens with zero attached hydrogens (tertiary/aromatic N) is 2. The standard InChI is InChI=1S/C14H27N3O3S/c1-4-8-17-11-14(10-13(17)12-18)21(19,20)15-7-9-16(5-2)6-3/h10-11,15,18H,4-9,12H2,1-3H3. The lowest BCUT2D eigenvalue weighted by Gasteiger charge is -2.17. The van der Waals surface area contributed by atoms with E-state index in [0.717, 1.165) is 19.5 Å². The topological polar surface area (TPSA) is 74.6 Å². The number of rotatable bonds is 10. The van der Waals surface area contributed by atoms with Gasteiger partial charge in [-0.25, -0.2) is 13.1 Å². The van der Waals surface area contributed by atoms with Crippen molar-refractivity contribution in [1.82, 2.24) is 14.2 Å². The Bertz CT molecular complexity index is 522. The number of aliphatic hydroxyl groups is 1. The average molecular weight is 317 g/mol. The molecule has 0 radical (unpaired) electrons. The molecule has 0 bridgehead atoms. The maximum absolute atomic E-state index is 12.3. The molecule has 0 atom stereocenters. The summed E-state index contributed by atoms with van der Waals surface area (Å²) < 4.78 is 28.9. The van der Waals surface area contributed by atoms with Crippen LogP contribution in [0.25, 0.3) is 0 Å². The Kier molecular flexibility index (Phi) is 7.37. The molecule has 6 nitrogen and oxygen atoms in total. The van der Waals surface area contributed by atoms with E-state index in [-0.39, 0.29) is 11.5 Å². The van der Waals surface area contributed by atoms with Crippen LogP contribution in [0.1, 0.15) is 32.9 Å². The van der Waals surface area contributed by atoms with Crippen LogP contribution in [0.4, 0.5) is 0 Å². The molecule has 2 N–H and O–H groups in total. The van der Waals surface area contributed by atoms with Gasteiger partial charge in [-0.2, -0.15) is 0 Å². The zero-order valence-electron chi connectivity index (χ0n) is 13.2. The van der Waals surface area contributed by atoms with Crippen molar-refractivity contribution in [2.24, 2.45) is 0 Å². The summed E-state index contributed by atoms with van der Waals surface area (Å²) in [5.41, 5.74) is 0.626. The molecule has 0 saturated carbocycles. The van der Waals surface area contributed by atoms with E-state index in [4.69, 9.17) is 0 Å². The molecule has 21 heavy (non-hydrogen) atoms. The third-order valence-corrected chi connectivity index (χ3v) is 4.94. The van der Waals surface area contributed by atoms with Crippen LogP contribution >= 0.6 is 0 Å². The van der Waals surface area contributed by atoms with E-state index < -0.39 is 10.0 Å². The predicted octanol–water partition coefficient (Wildman–Crippen LogP) is 1.01. The number of nitrogens with one attached hydrogen (secondary N) is 1. The van der Waals surface area contributed by atoms with Crippen molar-refractivity contribution in [2.75, 3.05) is 26.2 Å². The van der Waals surface area contributed by atoms with Gasteiger partial charge in [-0.05, 0) is 25.6 Å². The number of aromatic nitrogens is 1. The Hall–Kier alpha value is -0.890. The van der Waals surface area contributed by atoms with Gasteiger partial charge in [0, 0.05) is 31.5 Å². The van der Waals surface area contributed by atoms with Crippen LogP contribution < -0.4 is 4.72 Å². The van der Waals surface area contributed by atoms with Gasteiger partial charge >= 0.3 is 0 Å². The lowest BCUT2D eigenvalue weighted by Crippen LogP contribution is -2.34. The fourth-order valence-corrected chi connectivity index (χ4v) is 3.30. The normalized spacial score (nSPS) is 12.2. The van der Waals surface area contributed by atoms with Gasteiger partial charge in [0.2, 0.25) is 10.0 Å². The second-order valence-electron chi connectivity index (χ2n) is 4.94. The highest BCUT2D eigenvalue weighted by molar-refractivity contribution is 7.89. The van der Waals surface area contributed by atoms with Gasteiger partial charge in [0.15, 0.2) is 0 Å². The molecule has 0 unspecified atom stereocenters. The quantitative estimate of drug-likeness (QED) is 0.675. The van der Waals surface area contributed by atoms with Gasteiger partial charge in [0.25, 0.3) is 0 Å². The van der Waals surface area contributed by atoms with Crippen LogP contribution in [0.5, 0.6) is 0 Å². The fourth-order valence-electron chi connectivity index (χ4n) is 2.21. The number of aryl methyl sites for hydroxylation is 1. The molecule has 0 amide bonds. The Morgan fingerprint density at radius 1 is 1.29 bits per heavy atom. The summed E-state index contributed by atoms with van der Waals surface area (Å²) in [6.45, 7) is 9.54. The van der Waals surface area contributed by atoms with Gasteiger partial charge in [0.05, 0.1) is 11.5 Å². The van der Waals surface area contributed by atoms with Crippen molar-refractivity contribution in [3.8, 4) is 0 Å². The molecule has 0 aliphatic carbocycles. The molecule has 7 heteroatoms. The first-order valence-electron chi connectivity index (χ1n) is 7.50. The first kappa shape index (κ1) is 18.2. The van der Waals surface area contributed by atoms with Crippen LogP contribution in [0.3, 0.4) is 0 Å². The summed E-state index contributed by atoms with van der Waals surface area (Å²) in [6.07, 6.45) is 2.48. The Morgan fingerprint density at radius 3 is 2.48 bits per heavy atom. The van der Waals surface area contributed by atoms with Gasteiger partial charge in [-0.1, -0.05) is 20.8 Å². The largest absolute Gasteiger partial charge is 0.390 e. The smallest absolute Gasteiger partial charge is 0.242 e. The highest BCUT2D eigenvalue weighted by Crippen LogP contribution is 2.15. The van der Waals surface area contributed by atoms with Crippen LogP contribution in [0.15, 0.2) is 17.2 Å². The minimum atomic E-state index is -3.51. The highest BCUT2D eigenvalue weighted by atomic mass is 32.2. The number of aliphatic hydroxyl groups excluding tert-OH is 1. The molecule has 122 valence electrons. The van der Waals surface area contributed by atoms with E-state index in [1.165, 1.54) is 6.07 Å². The van der Waals surface area contributed by atoms with Gasteiger partial charge < -0.3 is 14.6 Å². The lowest BCUT2D eigenvalue weighted by molar-refractivity contribution is 0.270. The number of hydrogen-bond donors (Lipinski definition) is 2. The van der Waals surface area contributed by atoms with E-state index >= 15 is 0 Å². The molecular weight excluding hydrogens is 290 g/mol. The summed E-state index contributed by atoms with van der Waals surface area (Å²) in [5.74, 6) is 0. The molecule has 0 aliphatic heterocycles. The second-order valence-corrected chi connectivity index (χ2v) is 6.71. The molecule has 1 aromatic rings. The molecule has 1 rings (SSSR count). The van der Waals surface area contributed by atoms with Crippen molar-refractivity contribution in [1.29, 1.82) is 0 Å². The molecule has 0 aromatic carbocycles. The van der Waals surface area contributed by atoms with E-state index in [1.807, 2.05) is 6.92 Å². The van der Waals surface area contributed by atoms with E-state index in [9.17, 15) is 13.5 Å². The van der Waals surface area contributed by atoms with Crippen molar-refractivity contribution in [2.45, 2.75) is 45.2 Å². The van der Waals surface area contributed by atoms with Crippen LogP contribution in [-0.4, -0.2) is 49.2 Å². The second kappa shape index (κ2) is 8.53. The summed E-state index contributed by atoms with van der Waals surface area (Å²) in [4.78, 5) is 2.38. The summed E-state index contributed by atoms with van der Waals surface area (Å²) >= 11 is 0. The average Bonchev–Trinajstić information content (AvgIpc) is 2.88. The zero-order valence-corrected chi connectivity index (χ0v) is 14.0. The van der Waals surface area contributed by atoms with E-state index in [0.29, 0.717) is 25.3 Å². The van der Waals surface area contributed by atoms with Crippen LogP contribution in [0, 0.1) is 0 Å². The third kappa shape index (κ3) is 5.10. The fraction of sp³-hybridized carbons (Fsp3) is 0.714. The summed E-state index contributed by atoms with van der Waals surface area (Å²) in [7, 11) is -3.51. The van der Waals surface area contributed by atoms with Crippen molar-refractivity contribution >= 4 is 10.0 Å². The first-order valence-corrected chi connectivity index (χ1v) is 8.98. The minimum absolute atomic E-state index is 0.158. The van der Waals surface area contributed by atoms with Gasteiger partial charge in [0.1, 0.15) is 0 Å².